The molecule has 0 amide bonds. The molecule has 2 rings (SSSR count). The summed E-state index contributed by atoms with van der Waals surface area (Å²) in [6.45, 7) is 0.942. The SMILES string of the molecule is CN1CCCC(N)C1c1ccc(F)c(F)c1. The highest BCUT2D eigenvalue weighted by molar-refractivity contribution is 5.23. The summed E-state index contributed by atoms with van der Waals surface area (Å²) in [6.07, 6.45) is 1.98. The molecule has 1 fully saturated rings. The Kier molecular flexibility index (Phi) is 3.21. The first-order valence-corrected chi connectivity index (χ1v) is 5.50. The van der Waals surface area contributed by atoms with Gasteiger partial charge in [-0.15, -0.1) is 0 Å². The van der Waals surface area contributed by atoms with Crippen LogP contribution in [0.15, 0.2) is 18.2 Å². The molecule has 88 valence electrons. The highest BCUT2D eigenvalue weighted by Crippen LogP contribution is 2.29. The number of rotatable bonds is 1. The van der Waals surface area contributed by atoms with Crippen molar-refractivity contribution in [3.05, 3.63) is 35.4 Å². The first kappa shape index (κ1) is 11.5. The van der Waals surface area contributed by atoms with Crippen LogP contribution in [0.2, 0.25) is 0 Å². The molecule has 0 aliphatic carbocycles. The Morgan fingerprint density at radius 3 is 2.69 bits per heavy atom. The van der Waals surface area contributed by atoms with Gasteiger partial charge in [0.15, 0.2) is 11.6 Å². The van der Waals surface area contributed by atoms with E-state index < -0.39 is 11.6 Å². The molecule has 1 aliphatic heterocycles. The van der Waals surface area contributed by atoms with Crippen LogP contribution in [0.1, 0.15) is 24.4 Å². The van der Waals surface area contributed by atoms with Gasteiger partial charge in [-0.2, -0.15) is 0 Å². The van der Waals surface area contributed by atoms with Crippen molar-refractivity contribution in [3.63, 3.8) is 0 Å². The van der Waals surface area contributed by atoms with E-state index in [4.69, 9.17) is 5.73 Å². The molecule has 2 atom stereocenters. The maximum atomic E-state index is 13.2. The van der Waals surface area contributed by atoms with E-state index in [0.717, 1.165) is 24.9 Å². The summed E-state index contributed by atoms with van der Waals surface area (Å²) in [5.74, 6) is -1.61. The number of hydrogen-bond acceptors (Lipinski definition) is 2. The van der Waals surface area contributed by atoms with Crippen LogP contribution in [0, 0.1) is 11.6 Å². The molecule has 2 nitrogen and oxygen atoms in total. The van der Waals surface area contributed by atoms with Crippen LogP contribution in [-0.2, 0) is 0 Å². The molecule has 1 saturated heterocycles. The van der Waals surface area contributed by atoms with Gasteiger partial charge in [-0.3, -0.25) is 4.90 Å². The molecule has 2 unspecified atom stereocenters. The molecular formula is C12H16F2N2. The van der Waals surface area contributed by atoms with Crippen LogP contribution in [-0.4, -0.2) is 24.5 Å². The van der Waals surface area contributed by atoms with Gasteiger partial charge in [-0.05, 0) is 44.1 Å². The highest BCUT2D eigenvalue weighted by atomic mass is 19.2. The Labute approximate surface area is 94.0 Å². The number of benzene rings is 1. The maximum Gasteiger partial charge on any atom is 0.159 e. The minimum Gasteiger partial charge on any atom is -0.326 e. The van der Waals surface area contributed by atoms with Gasteiger partial charge < -0.3 is 5.73 Å². The number of halogens is 2. The van der Waals surface area contributed by atoms with E-state index in [1.807, 2.05) is 7.05 Å². The van der Waals surface area contributed by atoms with E-state index in [-0.39, 0.29) is 12.1 Å². The zero-order valence-electron chi connectivity index (χ0n) is 9.29. The number of hydrogen-bond donors (Lipinski definition) is 1. The van der Waals surface area contributed by atoms with Crippen LogP contribution in [0.5, 0.6) is 0 Å². The van der Waals surface area contributed by atoms with Gasteiger partial charge >= 0.3 is 0 Å². The van der Waals surface area contributed by atoms with E-state index in [2.05, 4.69) is 4.90 Å². The molecule has 1 aliphatic rings. The third kappa shape index (κ3) is 2.08. The minimum absolute atomic E-state index is 0.0103. The van der Waals surface area contributed by atoms with Gasteiger partial charge in [0.05, 0.1) is 0 Å². The summed E-state index contributed by atoms with van der Waals surface area (Å²) < 4.78 is 26.0. The van der Waals surface area contributed by atoms with Gasteiger partial charge in [-0.25, -0.2) is 8.78 Å². The molecule has 1 aromatic rings. The second kappa shape index (κ2) is 4.47. The minimum atomic E-state index is -0.809. The van der Waals surface area contributed by atoms with Gasteiger partial charge in [-0.1, -0.05) is 6.07 Å². The van der Waals surface area contributed by atoms with E-state index in [1.54, 1.807) is 6.07 Å². The molecular weight excluding hydrogens is 210 g/mol. The number of nitrogens with two attached hydrogens (primary N) is 1. The Morgan fingerprint density at radius 2 is 2.06 bits per heavy atom. The third-order valence-electron chi connectivity index (χ3n) is 3.21. The average molecular weight is 226 g/mol. The smallest absolute Gasteiger partial charge is 0.159 e. The predicted octanol–water partition coefficient (Wildman–Crippen LogP) is 2.06. The molecule has 0 spiro atoms. The van der Waals surface area contributed by atoms with Crippen molar-refractivity contribution in [1.82, 2.24) is 4.90 Å². The average Bonchev–Trinajstić information content (AvgIpc) is 2.23. The number of likely N-dealkylation sites (tertiary alicyclic amines) is 1. The fourth-order valence-electron chi connectivity index (χ4n) is 2.40. The lowest BCUT2D eigenvalue weighted by molar-refractivity contribution is 0.162. The molecule has 1 heterocycles. The number of nitrogens with zero attached hydrogens (tertiary/aromatic N) is 1. The summed E-state index contributed by atoms with van der Waals surface area (Å²) in [5.41, 5.74) is 6.79. The molecule has 16 heavy (non-hydrogen) atoms. The molecule has 0 saturated carbocycles. The summed E-state index contributed by atoms with van der Waals surface area (Å²) >= 11 is 0. The normalized spacial score (nSPS) is 27.0. The van der Waals surface area contributed by atoms with E-state index in [0.29, 0.717) is 0 Å². The van der Waals surface area contributed by atoms with Crippen molar-refractivity contribution < 1.29 is 8.78 Å². The van der Waals surface area contributed by atoms with Gasteiger partial charge in [0.2, 0.25) is 0 Å². The number of likely N-dealkylation sites (N-methyl/N-ethyl adjacent to an activating group) is 1. The van der Waals surface area contributed by atoms with Gasteiger partial charge in [0.1, 0.15) is 0 Å². The fraction of sp³-hybridized carbons (Fsp3) is 0.500. The van der Waals surface area contributed by atoms with Crippen molar-refractivity contribution in [2.75, 3.05) is 13.6 Å². The second-order valence-corrected chi connectivity index (χ2v) is 4.41. The van der Waals surface area contributed by atoms with E-state index in [1.165, 1.54) is 12.1 Å². The van der Waals surface area contributed by atoms with Crippen LogP contribution in [0.4, 0.5) is 8.78 Å². The topological polar surface area (TPSA) is 29.3 Å². The lowest BCUT2D eigenvalue weighted by atomic mass is 9.91. The summed E-state index contributed by atoms with van der Waals surface area (Å²) in [7, 11) is 1.96. The standard InChI is InChI=1S/C12H16F2N2/c1-16-6-2-3-11(15)12(16)8-4-5-9(13)10(14)7-8/h4-5,7,11-12H,2-3,6,15H2,1H3. The van der Waals surface area contributed by atoms with Crippen molar-refractivity contribution >= 4 is 0 Å². The predicted molar refractivity (Wildman–Crippen MR) is 58.9 cm³/mol. The third-order valence-corrected chi connectivity index (χ3v) is 3.21. The fourth-order valence-corrected chi connectivity index (χ4v) is 2.40. The second-order valence-electron chi connectivity index (χ2n) is 4.41. The molecule has 0 aromatic heterocycles. The molecule has 0 bridgehead atoms. The van der Waals surface area contributed by atoms with Crippen LogP contribution >= 0.6 is 0 Å². The van der Waals surface area contributed by atoms with Crippen molar-refractivity contribution in [2.45, 2.75) is 24.9 Å². The molecule has 4 heteroatoms. The van der Waals surface area contributed by atoms with Crippen molar-refractivity contribution in [2.24, 2.45) is 5.73 Å². The summed E-state index contributed by atoms with van der Waals surface area (Å²) in [5, 5.41) is 0. The van der Waals surface area contributed by atoms with Crippen LogP contribution in [0.25, 0.3) is 0 Å². The van der Waals surface area contributed by atoms with E-state index >= 15 is 0 Å². The molecule has 2 N–H and O–H groups in total. The Morgan fingerprint density at radius 1 is 1.31 bits per heavy atom. The lowest BCUT2D eigenvalue weighted by Crippen LogP contribution is -2.43. The largest absolute Gasteiger partial charge is 0.326 e. The summed E-state index contributed by atoms with van der Waals surface area (Å²) in [6, 6.07) is 4.01. The zero-order chi connectivity index (χ0) is 11.7. The lowest BCUT2D eigenvalue weighted by Gasteiger charge is -2.37. The van der Waals surface area contributed by atoms with E-state index in [9.17, 15) is 8.78 Å². The monoisotopic (exact) mass is 226 g/mol. The first-order chi connectivity index (χ1) is 7.59. The van der Waals surface area contributed by atoms with Crippen molar-refractivity contribution in [1.29, 1.82) is 0 Å². The summed E-state index contributed by atoms with van der Waals surface area (Å²) in [4.78, 5) is 2.10. The van der Waals surface area contributed by atoms with Gasteiger partial charge in [0.25, 0.3) is 0 Å². The van der Waals surface area contributed by atoms with Crippen LogP contribution in [0.3, 0.4) is 0 Å². The number of piperidine rings is 1. The van der Waals surface area contributed by atoms with Crippen LogP contribution < -0.4 is 5.73 Å². The molecule has 0 radical (unpaired) electrons. The highest BCUT2D eigenvalue weighted by Gasteiger charge is 2.28. The Hall–Kier alpha value is -1.00. The first-order valence-electron chi connectivity index (χ1n) is 5.50. The zero-order valence-corrected chi connectivity index (χ0v) is 9.29. The quantitative estimate of drug-likeness (QED) is 0.794. The maximum absolute atomic E-state index is 13.2. The Bertz CT molecular complexity index is 371. The Balaban J connectivity index is 2.30. The van der Waals surface area contributed by atoms with Gasteiger partial charge in [0, 0.05) is 12.1 Å². The molecule has 1 aromatic carbocycles. The van der Waals surface area contributed by atoms with Crippen molar-refractivity contribution in [3.8, 4) is 0 Å².